The van der Waals surface area contributed by atoms with Crippen molar-refractivity contribution < 1.29 is 22.7 Å². The molecule has 0 heterocycles. The molecule has 3 aromatic rings. The Morgan fingerprint density at radius 2 is 1.56 bits per heavy atom. The van der Waals surface area contributed by atoms with Gasteiger partial charge < -0.3 is 15.0 Å². The molecule has 0 aliphatic rings. The van der Waals surface area contributed by atoms with Crippen LogP contribution in [0.4, 0.5) is 5.69 Å². The van der Waals surface area contributed by atoms with Crippen LogP contribution in [0.25, 0.3) is 0 Å². The first-order chi connectivity index (χ1) is 20.1. The van der Waals surface area contributed by atoms with Gasteiger partial charge in [0.05, 0.1) is 22.7 Å². The highest BCUT2D eigenvalue weighted by Gasteiger charge is 2.35. The number of methoxy groups -OCH3 is 1. The van der Waals surface area contributed by atoms with Crippen molar-refractivity contribution in [2.75, 3.05) is 18.0 Å². The average molecular weight is 669 g/mol. The third-order valence-corrected chi connectivity index (χ3v) is 9.38. The maximum atomic E-state index is 14.3. The highest BCUT2D eigenvalue weighted by Crippen LogP contribution is 2.33. The molecule has 0 spiro atoms. The van der Waals surface area contributed by atoms with Gasteiger partial charge in [-0.15, -0.1) is 0 Å². The summed E-state index contributed by atoms with van der Waals surface area (Å²) in [6.07, 6.45) is 0.245. The third kappa shape index (κ3) is 8.56. The number of hydrogen-bond donors (Lipinski definition) is 1. The first-order valence-electron chi connectivity index (χ1n) is 13.6. The van der Waals surface area contributed by atoms with Crippen LogP contribution in [0.1, 0.15) is 45.2 Å². The monoisotopic (exact) mass is 667 g/mol. The van der Waals surface area contributed by atoms with Gasteiger partial charge in [-0.25, -0.2) is 8.42 Å². The van der Waals surface area contributed by atoms with Crippen molar-refractivity contribution in [2.24, 2.45) is 0 Å². The van der Waals surface area contributed by atoms with Gasteiger partial charge in [0.2, 0.25) is 11.8 Å². The first-order valence-corrected chi connectivity index (χ1v) is 16.1. The van der Waals surface area contributed by atoms with Gasteiger partial charge in [-0.1, -0.05) is 65.5 Å². The number of halogens is 3. The molecule has 43 heavy (non-hydrogen) atoms. The van der Waals surface area contributed by atoms with Crippen LogP contribution in [0, 0.1) is 6.92 Å². The second kappa shape index (κ2) is 14.2. The second-order valence-electron chi connectivity index (χ2n) is 11.0. The number of carbonyl (C=O) groups excluding carboxylic acids is 2. The van der Waals surface area contributed by atoms with E-state index in [1.54, 1.807) is 37.3 Å². The number of sulfonamides is 1. The molecule has 0 saturated heterocycles. The standard InChI is InChI=1S/C31H36Cl3N3O5S/c1-7-27(30(39)35-31(3,4)5)36(18-23-24(32)9-8-10-25(23)33)29(38)19-37(21-13-16-28(42-6)26(34)17-21)43(40,41)22-14-11-20(2)12-15-22/h8-17,27H,7,18-19H2,1-6H3,(H,35,39)/t27-/m0/s1. The van der Waals surface area contributed by atoms with Crippen molar-refractivity contribution in [2.45, 2.75) is 64.1 Å². The van der Waals surface area contributed by atoms with Gasteiger partial charge in [0.1, 0.15) is 18.3 Å². The average Bonchev–Trinajstić information content (AvgIpc) is 2.92. The van der Waals surface area contributed by atoms with Crippen LogP contribution in [0.3, 0.4) is 0 Å². The van der Waals surface area contributed by atoms with Crippen molar-refractivity contribution in [3.63, 3.8) is 0 Å². The molecule has 0 saturated carbocycles. The number of amides is 2. The minimum absolute atomic E-state index is 0.0175. The van der Waals surface area contributed by atoms with Crippen LogP contribution in [-0.4, -0.2) is 50.4 Å². The zero-order chi connectivity index (χ0) is 32.1. The lowest BCUT2D eigenvalue weighted by Crippen LogP contribution is -2.55. The summed E-state index contributed by atoms with van der Waals surface area (Å²) in [6.45, 7) is 8.33. The van der Waals surface area contributed by atoms with Gasteiger partial charge in [-0.3, -0.25) is 13.9 Å². The number of nitrogens with zero attached hydrogens (tertiary/aromatic N) is 2. The summed E-state index contributed by atoms with van der Waals surface area (Å²) in [5.74, 6) is -0.703. The Bertz CT molecular complexity index is 1550. The van der Waals surface area contributed by atoms with Crippen LogP contribution in [0.15, 0.2) is 65.6 Å². The van der Waals surface area contributed by atoms with Crippen molar-refractivity contribution >= 4 is 62.3 Å². The Kier molecular flexibility index (Phi) is 11.4. The Labute approximate surface area is 268 Å². The molecular weight excluding hydrogens is 633 g/mol. The Morgan fingerprint density at radius 3 is 2.07 bits per heavy atom. The third-order valence-electron chi connectivity index (χ3n) is 6.59. The van der Waals surface area contributed by atoms with Crippen LogP contribution in [0.5, 0.6) is 5.75 Å². The molecule has 1 N–H and O–H groups in total. The number of rotatable bonds is 11. The van der Waals surface area contributed by atoms with Gasteiger partial charge in [-0.05, 0) is 76.6 Å². The fourth-order valence-electron chi connectivity index (χ4n) is 4.40. The topological polar surface area (TPSA) is 96.0 Å². The summed E-state index contributed by atoms with van der Waals surface area (Å²) >= 11 is 19.3. The van der Waals surface area contributed by atoms with Crippen molar-refractivity contribution in [1.82, 2.24) is 10.2 Å². The molecule has 0 fully saturated rings. The summed E-state index contributed by atoms with van der Waals surface area (Å²) in [4.78, 5) is 29.0. The van der Waals surface area contributed by atoms with Crippen molar-refractivity contribution in [3.05, 3.63) is 86.9 Å². The van der Waals surface area contributed by atoms with Gasteiger partial charge in [0.15, 0.2) is 0 Å². The molecule has 0 unspecified atom stereocenters. The molecule has 1 atom stereocenters. The number of aryl methyl sites for hydroxylation is 1. The van der Waals surface area contributed by atoms with Crippen LogP contribution >= 0.6 is 34.8 Å². The summed E-state index contributed by atoms with van der Waals surface area (Å²) < 4.78 is 34.3. The minimum atomic E-state index is -4.27. The molecule has 0 bridgehead atoms. The minimum Gasteiger partial charge on any atom is -0.495 e. The molecule has 2 amide bonds. The zero-order valence-corrected chi connectivity index (χ0v) is 28.0. The summed E-state index contributed by atoms with van der Waals surface area (Å²) in [6, 6.07) is 14.7. The summed E-state index contributed by atoms with van der Waals surface area (Å²) in [7, 11) is -2.83. The molecule has 0 aliphatic heterocycles. The van der Waals surface area contributed by atoms with Crippen LogP contribution in [-0.2, 0) is 26.2 Å². The van der Waals surface area contributed by atoms with Crippen LogP contribution in [0.2, 0.25) is 15.1 Å². The molecule has 0 aliphatic carbocycles. The zero-order valence-electron chi connectivity index (χ0n) is 24.9. The van der Waals surface area contributed by atoms with E-state index in [9.17, 15) is 18.0 Å². The molecule has 0 aromatic heterocycles. The van der Waals surface area contributed by atoms with E-state index in [-0.39, 0.29) is 28.6 Å². The Morgan fingerprint density at radius 1 is 0.953 bits per heavy atom. The number of nitrogens with one attached hydrogen (secondary N) is 1. The largest absolute Gasteiger partial charge is 0.495 e. The maximum Gasteiger partial charge on any atom is 0.264 e. The predicted octanol–water partition coefficient (Wildman–Crippen LogP) is 6.88. The number of benzene rings is 3. The quantitative estimate of drug-likeness (QED) is 0.240. The van der Waals surface area contributed by atoms with Crippen molar-refractivity contribution in [3.8, 4) is 5.75 Å². The fourth-order valence-corrected chi connectivity index (χ4v) is 6.58. The van der Waals surface area contributed by atoms with E-state index in [1.165, 1.54) is 42.3 Å². The summed E-state index contributed by atoms with van der Waals surface area (Å²) in [5.41, 5.74) is 0.860. The second-order valence-corrected chi connectivity index (χ2v) is 14.1. The molecular formula is C31H36Cl3N3O5S. The fraction of sp³-hybridized carbons (Fsp3) is 0.355. The molecule has 3 aromatic carbocycles. The van der Waals surface area contributed by atoms with Gasteiger partial charge in [0.25, 0.3) is 10.0 Å². The smallest absolute Gasteiger partial charge is 0.264 e. The number of anilines is 1. The summed E-state index contributed by atoms with van der Waals surface area (Å²) in [5, 5.41) is 3.70. The van der Waals surface area contributed by atoms with E-state index < -0.39 is 40.0 Å². The van der Waals surface area contributed by atoms with E-state index in [0.29, 0.717) is 21.4 Å². The highest BCUT2D eigenvalue weighted by molar-refractivity contribution is 7.92. The van der Waals surface area contributed by atoms with E-state index in [2.05, 4.69) is 5.32 Å². The molecule has 232 valence electrons. The first kappa shape index (κ1) is 34.5. The highest BCUT2D eigenvalue weighted by atomic mass is 35.5. The molecule has 12 heteroatoms. The van der Waals surface area contributed by atoms with Gasteiger partial charge in [-0.2, -0.15) is 0 Å². The van der Waals surface area contributed by atoms with Crippen molar-refractivity contribution in [1.29, 1.82) is 0 Å². The van der Waals surface area contributed by atoms with Gasteiger partial charge in [0, 0.05) is 27.7 Å². The Balaban J connectivity index is 2.15. The molecule has 3 rings (SSSR count). The lowest BCUT2D eigenvalue weighted by molar-refractivity contribution is -0.141. The molecule has 0 radical (unpaired) electrons. The van der Waals surface area contributed by atoms with E-state index in [0.717, 1.165) is 9.87 Å². The number of ether oxygens (including phenoxy) is 1. The van der Waals surface area contributed by atoms with Gasteiger partial charge >= 0.3 is 0 Å². The van der Waals surface area contributed by atoms with E-state index >= 15 is 0 Å². The number of hydrogen-bond acceptors (Lipinski definition) is 5. The van der Waals surface area contributed by atoms with E-state index in [1.807, 2.05) is 27.7 Å². The van der Waals surface area contributed by atoms with E-state index in [4.69, 9.17) is 39.5 Å². The van der Waals surface area contributed by atoms with Crippen LogP contribution < -0.4 is 14.4 Å². The molecule has 8 nitrogen and oxygen atoms in total. The SMILES string of the molecule is CC[C@@H](C(=O)NC(C)(C)C)N(Cc1c(Cl)cccc1Cl)C(=O)CN(c1ccc(OC)c(Cl)c1)S(=O)(=O)c1ccc(C)cc1. The predicted molar refractivity (Wildman–Crippen MR) is 173 cm³/mol. The lowest BCUT2D eigenvalue weighted by Gasteiger charge is -2.35. The normalized spacial score (nSPS) is 12.4. The Hall–Kier alpha value is -2.98. The maximum absolute atomic E-state index is 14.3. The lowest BCUT2D eigenvalue weighted by atomic mass is 10.1. The number of carbonyl (C=O) groups is 2.